The molecule has 0 saturated heterocycles. The zero-order chi connectivity index (χ0) is 15.0. The second-order valence-corrected chi connectivity index (χ2v) is 11.8. The summed E-state index contributed by atoms with van der Waals surface area (Å²) in [4.78, 5) is 0. The lowest BCUT2D eigenvalue weighted by Gasteiger charge is -2.42. The minimum atomic E-state index is 0.0110. The van der Waals surface area contributed by atoms with Gasteiger partial charge < -0.3 is 0 Å². The summed E-state index contributed by atoms with van der Waals surface area (Å²) in [5.74, 6) is 0. The quantitative estimate of drug-likeness (QED) is 0.590. The molecular weight excluding hydrogens is 259 g/mol. The van der Waals surface area contributed by atoms with Crippen LogP contribution < -0.4 is 0 Å². The number of rotatable bonds is 3. The zero-order valence-corrected chi connectivity index (χ0v) is 14.8. The molecule has 0 aliphatic heterocycles. The van der Waals surface area contributed by atoms with Crippen LogP contribution in [0.25, 0.3) is 5.57 Å². The summed E-state index contributed by atoms with van der Waals surface area (Å²) in [6, 6.07) is 8.90. The van der Waals surface area contributed by atoms with E-state index in [4.69, 9.17) is 0 Å². The fraction of sp³-hybridized carbons (Fsp3) is 0.579. The van der Waals surface area contributed by atoms with Crippen molar-refractivity contribution in [3.63, 3.8) is 0 Å². The minimum Gasteiger partial charge on any atom is -0.0953 e. The summed E-state index contributed by atoms with van der Waals surface area (Å²) in [5, 5.41) is 0.874. The van der Waals surface area contributed by atoms with Crippen molar-refractivity contribution in [1.82, 2.24) is 0 Å². The van der Waals surface area contributed by atoms with E-state index in [1.54, 1.807) is 5.57 Å². The summed E-state index contributed by atoms with van der Waals surface area (Å²) >= 11 is 0. The maximum Gasteiger partial charge on any atom is -0.00854 e. The molecule has 0 N–H and O–H groups in total. The summed E-state index contributed by atoms with van der Waals surface area (Å²) < 4.78 is 0. The molecule has 20 heavy (non-hydrogen) atoms. The average Bonchev–Trinajstić information content (AvgIpc) is 2.69. The van der Waals surface area contributed by atoms with Crippen LogP contribution >= 0.6 is 7.92 Å². The molecule has 0 spiro atoms. The van der Waals surface area contributed by atoms with Crippen LogP contribution in [0.3, 0.4) is 0 Å². The molecule has 0 atom stereocenters. The number of hydrogen-bond acceptors (Lipinski definition) is 0. The number of fused-ring (bicyclic) bond motifs is 1. The van der Waals surface area contributed by atoms with Gasteiger partial charge in [0.05, 0.1) is 0 Å². The zero-order valence-electron chi connectivity index (χ0n) is 14.0. The molecule has 2 rings (SSSR count). The predicted octanol–water partition coefficient (Wildman–Crippen LogP) is 6.10. The third-order valence-corrected chi connectivity index (χ3v) is 8.07. The SMILES string of the molecule is CC(C)(C)P(CCC1=CCc2ccccc21)C(C)(C)C. The third kappa shape index (κ3) is 3.53. The van der Waals surface area contributed by atoms with Crippen LogP contribution in [0.5, 0.6) is 0 Å². The monoisotopic (exact) mass is 288 g/mol. The molecule has 0 amide bonds. The van der Waals surface area contributed by atoms with Crippen molar-refractivity contribution < 1.29 is 0 Å². The van der Waals surface area contributed by atoms with Crippen LogP contribution in [0.4, 0.5) is 0 Å². The highest BCUT2D eigenvalue weighted by atomic mass is 31.1. The largest absolute Gasteiger partial charge is 0.0953 e. The molecule has 1 aromatic carbocycles. The van der Waals surface area contributed by atoms with E-state index in [-0.39, 0.29) is 7.92 Å². The Balaban J connectivity index is 2.09. The van der Waals surface area contributed by atoms with Crippen molar-refractivity contribution in [2.45, 2.75) is 64.7 Å². The Kier molecular flexibility index (Phi) is 4.45. The van der Waals surface area contributed by atoms with E-state index >= 15 is 0 Å². The van der Waals surface area contributed by atoms with E-state index in [1.165, 1.54) is 23.7 Å². The van der Waals surface area contributed by atoms with Gasteiger partial charge in [0, 0.05) is 0 Å². The summed E-state index contributed by atoms with van der Waals surface area (Å²) in [5.41, 5.74) is 4.60. The molecule has 0 nitrogen and oxygen atoms in total. The fourth-order valence-electron chi connectivity index (χ4n) is 3.50. The molecular formula is C19H29P. The topological polar surface area (TPSA) is 0 Å². The van der Waals surface area contributed by atoms with E-state index in [0.29, 0.717) is 10.3 Å². The Morgan fingerprint density at radius 1 is 0.950 bits per heavy atom. The summed E-state index contributed by atoms with van der Waals surface area (Å²) in [7, 11) is 0.0110. The van der Waals surface area contributed by atoms with Crippen molar-refractivity contribution >= 4 is 13.5 Å². The van der Waals surface area contributed by atoms with E-state index in [9.17, 15) is 0 Å². The standard InChI is InChI=1S/C19H29P/c1-18(2,3)20(19(4,5)6)14-13-16-12-11-15-9-7-8-10-17(15)16/h7-10,12H,11,13-14H2,1-6H3. The van der Waals surface area contributed by atoms with Crippen molar-refractivity contribution in [3.8, 4) is 0 Å². The van der Waals surface area contributed by atoms with Gasteiger partial charge in [-0.15, -0.1) is 0 Å². The minimum absolute atomic E-state index is 0.0110. The summed E-state index contributed by atoms with van der Waals surface area (Å²) in [6.07, 6.45) is 6.18. The smallest absolute Gasteiger partial charge is 0.00854 e. The van der Waals surface area contributed by atoms with Gasteiger partial charge in [-0.05, 0) is 46.0 Å². The lowest BCUT2D eigenvalue weighted by Crippen LogP contribution is -2.26. The van der Waals surface area contributed by atoms with Gasteiger partial charge in [0.15, 0.2) is 0 Å². The molecule has 0 fully saturated rings. The number of benzene rings is 1. The first-order valence-corrected chi connectivity index (χ1v) is 9.27. The van der Waals surface area contributed by atoms with Gasteiger partial charge in [0.1, 0.15) is 0 Å². The lowest BCUT2D eigenvalue weighted by atomic mass is 10.0. The summed E-state index contributed by atoms with van der Waals surface area (Å²) in [6.45, 7) is 14.5. The maximum atomic E-state index is 2.45. The van der Waals surface area contributed by atoms with Gasteiger partial charge in [-0.25, -0.2) is 0 Å². The molecule has 1 aliphatic carbocycles. The molecule has 1 heteroatoms. The van der Waals surface area contributed by atoms with Crippen molar-refractivity contribution in [3.05, 3.63) is 41.5 Å². The van der Waals surface area contributed by atoms with Crippen LogP contribution in [0.1, 0.15) is 59.1 Å². The maximum absolute atomic E-state index is 2.45. The van der Waals surface area contributed by atoms with Gasteiger partial charge >= 0.3 is 0 Å². The molecule has 1 aromatic rings. The molecule has 0 bridgehead atoms. The Hall–Kier alpha value is -0.610. The normalized spacial score (nSPS) is 15.4. The van der Waals surface area contributed by atoms with Gasteiger partial charge in [-0.3, -0.25) is 0 Å². The second kappa shape index (κ2) is 5.64. The van der Waals surface area contributed by atoms with Crippen LogP contribution in [0, 0.1) is 0 Å². The molecule has 1 aliphatic rings. The van der Waals surface area contributed by atoms with Crippen LogP contribution in [-0.2, 0) is 6.42 Å². The highest BCUT2D eigenvalue weighted by molar-refractivity contribution is 7.60. The fourth-order valence-corrected chi connectivity index (χ4v) is 7.32. The number of hydrogen-bond donors (Lipinski definition) is 0. The van der Waals surface area contributed by atoms with Crippen LogP contribution in [-0.4, -0.2) is 16.5 Å². The number of allylic oxidation sites excluding steroid dienone is 2. The second-order valence-electron chi connectivity index (χ2n) is 7.83. The van der Waals surface area contributed by atoms with E-state index in [0.717, 1.165) is 6.42 Å². The van der Waals surface area contributed by atoms with Crippen molar-refractivity contribution in [2.24, 2.45) is 0 Å². The third-order valence-electron chi connectivity index (χ3n) is 4.16. The van der Waals surface area contributed by atoms with E-state index in [1.807, 2.05) is 0 Å². The lowest BCUT2D eigenvalue weighted by molar-refractivity contribution is 0.703. The van der Waals surface area contributed by atoms with Crippen LogP contribution in [0.15, 0.2) is 30.3 Å². The molecule has 0 unspecified atom stereocenters. The average molecular weight is 288 g/mol. The highest BCUT2D eigenvalue weighted by Crippen LogP contribution is 2.60. The molecule has 0 heterocycles. The van der Waals surface area contributed by atoms with Gasteiger partial charge in [-0.1, -0.05) is 79.8 Å². The highest BCUT2D eigenvalue weighted by Gasteiger charge is 2.34. The first-order valence-electron chi connectivity index (χ1n) is 7.74. The molecule has 0 radical (unpaired) electrons. The first-order chi connectivity index (χ1) is 9.19. The van der Waals surface area contributed by atoms with Crippen molar-refractivity contribution in [2.75, 3.05) is 6.16 Å². The van der Waals surface area contributed by atoms with E-state index in [2.05, 4.69) is 71.9 Å². The first kappa shape index (κ1) is 15.8. The van der Waals surface area contributed by atoms with Gasteiger partial charge in [-0.2, -0.15) is 0 Å². The van der Waals surface area contributed by atoms with Gasteiger partial charge in [0.25, 0.3) is 0 Å². The molecule has 110 valence electrons. The Morgan fingerprint density at radius 2 is 1.55 bits per heavy atom. The Labute approximate surface area is 126 Å². The van der Waals surface area contributed by atoms with Gasteiger partial charge in [0.2, 0.25) is 0 Å². The van der Waals surface area contributed by atoms with Crippen LogP contribution in [0.2, 0.25) is 0 Å². The van der Waals surface area contributed by atoms with Crippen molar-refractivity contribution in [1.29, 1.82) is 0 Å². The van der Waals surface area contributed by atoms with E-state index < -0.39 is 0 Å². The predicted molar refractivity (Wildman–Crippen MR) is 94.0 cm³/mol. The molecule has 0 aromatic heterocycles. The molecule has 0 saturated carbocycles. The Bertz CT molecular complexity index is 483. The Morgan fingerprint density at radius 3 is 2.15 bits per heavy atom.